The van der Waals surface area contributed by atoms with E-state index in [0.29, 0.717) is 5.33 Å². The minimum absolute atomic E-state index is 0.709. The summed E-state index contributed by atoms with van der Waals surface area (Å²) in [6.07, 6.45) is 1.78. The van der Waals surface area contributed by atoms with E-state index in [1.807, 2.05) is 19.1 Å². The molecule has 0 aliphatic rings. The molecule has 1 nitrogen and oxygen atoms in total. The lowest BCUT2D eigenvalue weighted by molar-refractivity contribution is 1.19. The van der Waals surface area contributed by atoms with Gasteiger partial charge in [0.15, 0.2) is 0 Å². The van der Waals surface area contributed by atoms with Gasteiger partial charge in [-0.15, -0.1) is 0 Å². The second-order valence-corrected chi connectivity index (χ2v) is 2.68. The number of hydrogen-bond donors (Lipinski definition) is 0. The summed E-state index contributed by atoms with van der Waals surface area (Å²) in [6.45, 7) is 1.96. The standard InChI is InChI=1S/C9H8BrN/c1-8-4-5-9(7-11-8)3-2-6-10/h4-5,7H,6H2,1H3. The molecule has 0 spiro atoms. The van der Waals surface area contributed by atoms with Crippen molar-refractivity contribution in [3.8, 4) is 11.8 Å². The van der Waals surface area contributed by atoms with Crippen LogP contribution in [0, 0.1) is 18.8 Å². The van der Waals surface area contributed by atoms with Crippen LogP contribution >= 0.6 is 15.9 Å². The minimum Gasteiger partial charge on any atom is -0.260 e. The van der Waals surface area contributed by atoms with Crippen LogP contribution in [0.4, 0.5) is 0 Å². The quantitative estimate of drug-likeness (QED) is 0.472. The summed E-state index contributed by atoms with van der Waals surface area (Å²) in [6, 6.07) is 3.93. The van der Waals surface area contributed by atoms with Gasteiger partial charge in [-0.3, -0.25) is 4.98 Å². The number of alkyl halides is 1. The van der Waals surface area contributed by atoms with E-state index >= 15 is 0 Å². The van der Waals surface area contributed by atoms with Gasteiger partial charge in [0, 0.05) is 17.5 Å². The maximum Gasteiger partial charge on any atom is 0.0649 e. The highest BCUT2D eigenvalue weighted by molar-refractivity contribution is 9.09. The van der Waals surface area contributed by atoms with Crippen LogP contribution in [0.25, 0.3) is 0 Å². The van der Waals surface area contributed by atoms with Crippen LogP contribution < -0.4 is 0 Å². The average Bonchev–Trinajstić information content (AvgIpc) is 2.04. The molecule has 1 aromatic rings. The van der Waals surface area contributed by atoms with Gasteiger partial charge in [-0.25, -0.2) is 0 Å². The van der Waals surface area contributed by atoms with Crippen LogP contribution in [0.5, 0.6) is 0 Å². The first-order chi connectivity index (χ1) is 5.33. The first kappa shape index (κ1) is 8.29. The van der Waals surface area contributed by atoms with Gasteiger partial charge in [-0.1, -0.05) is 27.8 Å². The summed E-state index contributed by atoms with van der Waals surface area (Å²) in [7, 11) is 0. The normalized spacial score (nSPS) is 8.55. The second-order valence-electron chi connectivity index (χ2n) is 2.12. The van der Waals surface area contributed by atoms with E-state index < -0.39 is 0 Å². The molecule has 0 saturated heterocycles. The lowest BCUT2D eigenvalue weighted by Crippen LogP contribution is -1.80. The number of halogens is 1. The van der Waals surface area contributed by atoms with Crippen LogP contribution in [0.3, 0.4) is 0 Å². The van der Waals surface area contributed by atoms with Gasteiger partial charge in [0.25, 0.3) is 0 Å². The molecule has 0 aromatic carbocycles. The highest BCUT2D eigenvalue weighted by atomic mass is 79.9. The Bertz CT molecular complexity index is 279. The van der Waals surface area contributed by atoms with Crippen molar-refractivity contribution in [2.24, 2.45) is 0 Å². The van der Waals surface area contributed by atoms with Gasteiger partial charge < -0.3 is 0 Å². The fraction of sp³-hybridized carbons (Fsp3) is 0.222. The molecule has 0 bridgehead atoms. The molecule has 0 aliphatic carbocycles. The smallest absolute Gasteiger partial charge is 0.0649 e. The van der Waals surface area contributed by atoms with Crippen molar-refractivity contribution >= 4 is 15.9 Å². The van der Waals surface area contributed by atoms with Crippen LogP contribution in [-0.4, -0.2) is 10.3 Å². The lowest BCUT2D eigenvalue weighted by Gasteiger charge is -1.89. The maximum atomic E-state index is 4.11. The SMILES string of the molecule is Cc1ccc(C#CCBr)cn1. The summed E-state index contributed by atoms with van der Waals surface area (Å²) in [5.74, 6) is 5.87. The molecular formula is C9H8BrN. The molecule has 0 N–H and O–H groups in total. The molecule has 0 atom stereocenters. The molecule has 0 aliphatic heterocycles. The molecule has 1 aromatic heterocycles. The van der Waals surface area contributed by atoms with E-state index in [9.17, 15) is 0 Å². The largest absolute Gasteiger partial charge is 0.260 e. The highest BCUT2D eigenvalue weighted by Crippen LogP contribution is 1.96. The summed E-state index contributed by atoms with van der Waals surface area (Å²) in [5, 5.41) is 0.709. The zero-order valence-electron chi connectivity index (χ0n) is 6.26. The number of rotatable bonds is 0. The molecule has 11 heavy (non-hydrogen) atoms. The fourth-order valence-corrected chi connectivity index (χ4v) is 0.817. The monoisotopic (exact) mass is 209 g/mol. The number of aromatic nitrogens is 1. The predicted molar refractivity (Wildman–Crippen MR) is 49.6 cm³/mol. The Morgan fingerprint density at radius 1 is 1.55 bits per heavy atom. The van der Waals surface area contributed by atoms with Gasteiger partial charge in [-0.2, -0.15) is 0 Å². The minimum atomic E-state index is 0.709. The Morgan fingerprint density at radius 3 is 2.91 bits per heavy atom. The van der Waals surface area contributed by atoms with E-state index in [-0.39, 0.29) is 0 Å². The molecule has 0 radical (unpaired) electrons. The first-order valence-corrected chi connectivity index (χ1v) is 4.42. The Kier molecular flexibility index (Phi) is 3.13. The zero-order chi connectivity index (χ0) is 8.10. The molecule has 0 amide bonds. The third-order valence-corrected chi connectivity index (χ3v) is 1.49. The second kappa shape index (κ2) is 4.15. The van der Waals surface area contributed by atoms with E-state index in [4.69, 9.17) is 0 Å². The van der Waals surface area contributed by atoms with Crippen LogP contribution in [0.1, 0.15) is 11.3 Å². The fourth-order valence-electron chi connectivity index (χ4n) is 0.677. The Morgan fingerprint density at radius 2 is 2.36 bits per heavy atom. The van der Waals surface area contributed by atoms with Crippen molar-refractivity contribution in [2.45, 2.75) is 6.92 Å². The van der Waals surface area contributed by atoms with E-state index in [2.05, 4.69) is 32.8 Å². The van der Waals surface area contributed by atoms with Gasteiger partial charge >= 0.3 is 0 Å². The summed E-state index contributed by atoms with van der Waals surface area (Å²) in [5.41, 5.74) is 1.99. The summed E-state index contributed by atoms with van der Waals surface area (Å²) >= 11 is 3.23. The Labute approximate surface area is 75.0 Å². The summed E-state index contributed by atoms with van der Waals surface area (Å²) in [4.78, 5) is 4.11. The van der Waals surface area contributed by atoms with Crippen molar-refractivity contribution in [2.75, 3.05) is 5.33 Å². The van der Waals surface area contributed by atoms with E-state index in [1.165, 1.54) is 0 Å². The molecule has 1 heterocycles. The molecular weight excluding hydrogens is 202 g/mol. The van der Waals surface area contributed by atoms with E-state index in [0.717, 1.165) is 11.3 Å². The molecule has 1 rings (SSSR count). The average molecular weight is 210 g/mol. The van der Waals surface area contributed by atoms with Crippen LogP contribution in [-0.2, 0) is 0 Å². The third kappa shape index (κ3) is 2.73. The first-order valence-electron chi connectivity index (χ1n) is 3.30. The van der Waals surface area contributed by atoms with E-state index in [1.54, 1.807) is 6.20 Å². The van der Waals surface area contributed by atoms with Gasteiger partial charge in [0.1, 0.15) is 0 Å². The number of hydrogen-bond acceptors (Lipinski definition) is 1. The summed E-state index contributed by atoms with van der Waals surface area (Å²) < 4.78 is 0. The molecule has 0 unspecified atom stereocenters. The van der Waals surface area contributed by atoms with Gasteiger partial charge in [-0.05, 0) is 19.1 Å². The number of aryl methyl sites for hydroxylation is 1. The molecule has 0 fully saturated rings. The predicted octanol–water partition coefficient (Wildman–Crippen LogP) is 2.14. The van der Waals surface area contributed by atoms with Crippen molar-refractivity contribution in [1.82, 2.24) is 4.98 Å². The van der Waals surface area contributed by atoms with Gasteiger partial charge in [0.05, 0.1) is 5.33 Å². The Hall–Kier alpha value is -0.810. The van der Waals surface area contributed by atoms with Crippen LogP contribution in [0.2, 0.25) is 0 Å². The maximum absolute atomic E-state index is 4.11. The molecule has 56 valence electrons. The third-order valence-electron chi connectivity index (χ3n) is 1.21. The van der Waals surface area contributed by atoms with Gasteiger partial charge in [0.2, 0.25) is 0 Å². The number of pyridine rings is 1. The topological polar surface area (TPSA) is 12.9 Å². The highest BCUT2D eigenvalue weighted by Gasteiger charge is 1.85. The zero-order valence-corrected chi connectivity index (χ0v) is 7.85. The molecule has 0 saturated carbocycles. The number of nitrogens with zero attached hydrogens (tertiary/aromatic N) is 1. The van der Waals surface area contributed by atoms with Crippen molar-refractivity contribution in [3.05, 3.63) is 29.6 Å². The molecule has 2 heteroatoms. The van der Waals surface area contributed by atoms with Crippen LogP contribution in [0.15, 0.2) is 18.3 Å². The Balaban J connectivity index is 2.82. The van der Waals surface area contributed by atoms with Crippen molar-refractivity contribution < 1.29 is 0 Å². The lowest BCUT2D eigenvalue weighted by atomic mass is 10.2. The van der Waals surface area contributed by atoms with Crippen molar-refractivity contribution in [3.63, 3.8) is 0 Å². The van der Waals surface area contributed by atoms with Crippen molar-refractivity contribution in [1.29, 1.82) is 0 Å².